The first-order valence-electron chi connectivity index (χ1n) is 6.22. The summed E-state index contributed by atoms with van der Waals surface area (Å²) in [5.41, 5.74) is 0.946. The molecule has 1 amide bonds. The molecule has 0 fully saturated rings. The van der Waals surface area contributed by atoms with Gasteiger partial charge in [-0.05, 0) is 31.0 Å². The summed E-state index contributed by atoms with van der Waals surface area (Å²) in [6, 6.07) is 7.53. The fourth-order valence-electron chi connectivity index (χ4n) is 1.79. The number of benzene rings is 1. The topological polar surface area (TPSA) is 49.8 Å². The van der Waals surface area contributed by atoms with Gasteiger partial charge in [-0.2, -0.15) is 0 Å². The van der Waals surface area contributed by atoms with Crippen molar-refractivity contribution in [1.29, 1.82) is 0 Å². The van der Waals surface area contributed by atoms with E-state index in [1.165, 1.54) is 0 Å². The first-order valence-corrected chi connectivity index (χ1v) is 6.22. The van der Waals surface area contributed by atoms with Crippen LogP contribution in [0, 0.1) is 0 Å². The Balaban J connectivity index is 2.61. The van der Waals surface area contributed by atoms with Crippen LogP contribution in [0.2, 0.25) is 0 Å². The summed E-state index contributed by atoms with van der Waals surface area (Å²) in [7, 11) is 1.61. The third-order valence-electron chi connectivity index (χ3n) is 2.81. The number of carbonyl (C=O) groups is 1. The van der Waals surface area contributed by atoms with Crippen molar-refractivity contribution in [3.05, 3.63) is 29.8 Å². The molecule has 0 bridgehead atoms. The van der Waals surface area contributed by atoms with Crippen LogP contribution in [-0.2, 0) is 11.2 Å². The molecule has 0 aliphatic rings. The second-order valence-corrected chi connectivity index (χ2v) is 4.08. The van der Waals surface area contributed by atoms with E-state index < -0.39 is 0 Å². The molecular weight excluding hydrogens is 230 g/mol. The van der Waals surface area contributed by atoms with E-state index in [1.807, 2.05) is 31.2 Å². The van der Waals surface area contributed by atoms with Gasteiger partial charge in [0.25, 0.3) is 0 Å². The van der Waals surface area contributed by atoms with Gasteiger partial charge in [-0.3, -0.25) is 4.79 Å². The zero-order chi connectivity index (χ0) is 13.4. The number of amides is 1. The Hall–Kier alpha value is -1.55. The van der Waals surface area contributed by atoms with Gasteiger partial charge in [0.15, 0.2) is 0 Å². The molecule has 4 heteroatoms. The van der Waals surface area contributed by atoms with Crippen molar-refractivity contribution in [3.8, 4) is 5.75 Å². The lowest BCUT2D eigenvalue weighted by Crippen LogP contribution is -2.33. The molecule has 0 saturated heterocycles. The number of aliphatic hydroxyl groups is 1. The molecule has 100 valence electrons. The van der Waals surface area contributed by atoms with Crippen molar-refractivity contribution < 1.29 is 14.6 Å². The van der Waals surface area contributed by atoms with Crippen LogP contribution in [0.4, 0.5) is 0 Å². The number of ether oxygens (including phenoxy) is 1. The Labute approximate surface area is 108 Å². The van der Waals surface area contributed by atoms with Crippen LogP contribution >= 0.6 is 0 Å². The second kappa shape index (κ2) is 7.71. The van der Waals surface area contributed by atoms with Gasteiger partial charge >= 0.3 is 0 Å². The number of methoxy groups -OCH3 is 1. The van der Waals surface area contributed by atoms with Crippen LogP contribution in [0.15, 0.2) is 24.3 Å². The van der Waals surface area contributed by atoms with Crippen molar-refractivity contribution in [2.45, 2.75) is 19.8 Å². The molecule has 1 rings (SSSR count). The minimum absolute atomic E-state index is 0.0826. The highest BCUT2D eigenvalue weighted by atomic mass is 16.5. The van der Waals surface area contributed by atoms with Crippen LogP contribution in [-0.4, -0.2) is 42.7 Å². The van der Waals surface area contributed by atoms with Crippen LogP contribution in [0.1, 0.15) is 18.9 Å². The summed E-state index contributed by atoms with van der Waals surface area (Å²) in [5.74, 6) is 0.845. The van der Waals surface area contributed by atoms with Crippen LogP contribution in [0.25, 0.3) is 0 Å². The molecule has 1 aromatic rings. The van der Waals surface area contributed by atoms with Gasteiger partial charge in [0, 0.05) is 19.7 Å². The summed E-state index contributed by atoms with van der Waals surface area (Å²) in [5, 5.41) is 8.80. The van der Waals surface area contributed by atoms with E-state index in [-0.39, 0.29) is 12.5 Å². The maximum atomic E-state index is 12.1. The van der Waals surface area contributed by atoms with Gasteiger partial charge in [-0.1, -0.05) is 12.1 Å². The van der Waals surface area contributed by atoms with E-state index in [1.54, 1.807) is 12.0 Å². The fourth-order valence-corrected chi connectivity index (χ4v) is 1.79. The molecule has 0 radical (unpaired) electrons. The Morgan fingerprint density at radius 1 is 1.44 bits per heavy atom. The lowest BCUT2D eigenvalue weighted by molar-refractivity contribution is -0.130. The predicted octanol–water partition coefficient (Wildman–Crippen LogP) is 1.47. The largest absolute Gasteiger partial charge is 0.497 e. The molecule has 0 atom stereocenters. The molecule has 1 aromatic carbocycles. The van der Waals surface area contributed by atoms with Crippen molar-refractivity contribution in [3.63, 3.8) is 0 Å². The zero-order valence-corrected chi connectivity index (χ0v) is 11.1. The highest BCUT2D eigenvalue weighted by Gasteiger charge is 2.12. The van der Waals surface area contributed by atoms with E-state index in [4.69, 9.17) is 9.84 Å². The Kier molecular flexibility index (Phi) is 6.22. The van der Waals surface area contributed by atoms with E-state index in [9.17, 15) is 4.79 Å². The maximum absolute atomic E-state index is 12.1. The number of nitrogens with zero attached hydrogens (tertiary/aromatic N) is 1. The van der Waals surface area contributed by atoms with E-state index in [2.05, 4.69) is 0 Å². The third-order valence-corrected chi connectivity index (χ3v) is 2.81. The van der Waals surface area contributed by atoms with E-state index in [0.717, 1.165) is 11.3 Å². The normalized spacial score (nSPS) is 10.2. The fraction of sp³-hybridized carbons (Fsp3) is 0.500. The van der Waals surface area contributed by atoms with Crippen molar-refractivity contribution in [2.24, 2.45) is 0 Å². The maximum Gasteiger partial charge on any atom is 0.226 e. The summed E-state index contributed by atoms with van der Waals surface area (Å²) in [6.45, 7) is 3.34. The number of hydrogen-bond acceptors (Lipinski definition) is 3. The Bertz CT molecular complexity index is 379. The molecule has 0 unspecified atom stereocenters. The summed E-state index contributed by atoms with van der Waals surface area (Å²) < 4.78 is 5.13. The average Bonchev–Trinajstić information content (AvgIpc) is 2.40. The molecule has 4 nitrogen and oxygen atoms in total. The van der Waals surface area contributed by atoms with Gasteiger partial charge < -0.3 is 14.7 Å². The molecule has 18 heavy (non-hydrogen) atoms. The highest BCUT2D eigenvalue weighted by Crippen LogP contribution is 2.13. The zero-order valence-electron chi connectivity index (χ0n) is 11.1. The van der Waals surface area contributed by atoms with Gasteiger partial charge in [0.05, 0.1) is 13.5 Å². The summed E-state index contributed by atoms with van der Waals surface area (Å²) in [4.78, 5) is 13.8. The van der Waals surface area contributed by atoms with E-state index >= 15 is 0 Å². The monoisotopic (exact) mass is 251 g/mol. The Morgan fingerprint density at radius 2 is 2.22 bits per heavy atom. The lowest BCUT2D eigenvalue weighted by atomic mass is 10.1. The van der Waals surface area contributed by atoms with Crippen LogP contribution in [0.3, 0.4) is 0 Å². The molecule has 0 heterocycles. The minimum atomic E-state index is 0.0826. The molecule has 0 aliphatic carbocycles. The van der Waals surface area contributed by atoms with E-state index in [0.29, 0.717) is 25.9 Å². The molecule has 0 saturated carbocycles. The second-order valence-electron chi connectivity index (χ2n) is 4.08. The molecule has 0 aromatic heterocycles. The SMILES string of the molecule is CCN(CCCO)C(=O)Cc1cccc(OC)c1. The first-order chi connectivity index (χ1) is 8.71. The molecular formula is C14H21NO3. The quantitative estimate of drug-likeness (QED) is 0.798. The van der Waals surface area contributed by atoms with Crippen LogP contribution < -0.4 is 4.74 Å². The lowest BCUT2D eigenvalue weighted by Gasteiger charge is -2.20. The van der Waals surface area contributed by atoms with Gasteiger partial charge in [0.1, 0.15) is 5.75 Å². The van der Waals surface area contributed by atoms with Crippen molar-refractivity contribution in [2.75, 3.05) is 26.8 Å². The number of rotatable bonds is 7. The van der Waals surface area contributed by atoms with Gasteiger partial charge in [-0.15, -0.1) is 0 Å². The van der Waals surface area contributed by atoms with Gasteiger partial charge in [0.2, 0.25) is 5.91 Å². The van der Waals surface area contributed by atoms with Crippen LogP contribution in [0.5, 0.6) is 5.75 Å². The Morgan fingerprint density at radius 3 is 2.83 bits per heavy atom. The molecule has 0 aliphatic heterocycles. The third kappa shape index (κ3) is 4.37. The summed E-state index contributed by atoms with van der Waals surface area (Å²) >= 11 is 0. The standard InChI is InChI=1S/C14H21NO3/c1-3-15(8-5-9-16)14(17)11-12-6-4-7-13(10-12)18-2/h4,6-7,10,16H,3,5,8-9,11H2,1-2H3. The molecule has 1 N–H and O–H groups in total. The molecule has 0 spiro atoms. The highest BCUT2D eigenvalue weighted by molar-refractivity contribution is 5.78. The number of hydrogen-bond donors (Lipinski definition) is 1. The van der Waals surface area contributed by atoms with Crippen molar-refractivity contribution >= 4 is 5.91 Å². The number of aliphatic hydroxyl groups excluding tert-OH is 1. The minimum Gasteiger partial charge on any atom is -0.497 e. The summed E-state index contributed by atoms with van der Waals surface area (Å²) in [6.07, 6.45) is 0.994. The smallest absolute Gasteiger partial charge is 0.226 e. The predicted molar refractivity (Wildman–Crippen MR) is 70.7 cm³/mol. The number of carbonyl (C=O) groups excluding carboxylic acids is 1. The van der Waals surface area contributed by atoms with Crippen molar-refractivity contribution in [1.82, 2.24) is 4.90 Å². The first kappa shape index (κ1) is 14.5. The average molecular weight is 251 g/mol. The number of likely N-dealkylation sites (N-methyl/N-ethyl adjacent to an activating group) is 1. The van der Waals surface area contributed by atoms with Gasteiger partial charge in [-0.25, -0.2) is 0 Å².